The standard InChI is InChI=1S/C19H17FN2/c20-16-10-4-1-7-13(16)19(14-8-2-5-11-17(14)21)15-9-3-6-12-18(15)22/h1-12,19H,21-22H2. The van der Waals surface area contributed by atoms with Crippen molar-refractivity contribution in [1.29, 1.82) is 0 Å². The number of nitrogen functional groups attached to an aromatic ring is 2. The van der Waals surface area contributed by atoms with Crippen molar-refractivity contribution >= 4 is 11.4 Å². The Labute approximate surface area is 129 Å². The first kappa shape index (κ1) is 14.1. The van der Waals surface area contributed by atoms with Gasteiger partial charge in [-0.05, 0) is 34.9 Å². The predicted molar refractivity (Wildman–Crippen MR) is 89.1 cm³/mol. The molecule has 0 amide bonds. The van der Waals surface area contributed by atoms with Gasteiger partial charge in [0.1, 0.15) is 5.82 Å². The molecule has 0 atom stereocenters. The molecule has 2 nitrogen and oxygen atoms in total. The highest BCUT2D eigenvalue weighted by molar-refractivity contribution is 5.61. The summed E-state index contributed by atoms with van der Waals surface area (Å²) in [6.45, 7) is 0. The van der Waals surface area contributed by atoms with E-state index in [0.717, 1.165) is 11.1 Å². The third kappa shape index (κ3) is 2.53. The fourth-order valence-electron chi connectivity index (χ4n) is 2.76. The van der Waals surface area contributed by atoms with Crippen LogP contribution in [0.25, 0.3) is 0 Å². The quantitative estimate of drug-likeness (QED) is 0.562. The summed E-state index contributed by atoms with van der Waals surface area (Å²) in [5, 5.41) is 0. The van der Waals surface area contributed by atoms with E-state index in [4.69, 9.17) is 11.5 Å². The van der Waals surface area contributed by atoms with E-state index in [1.807, 2.05) is 54.6 Å². The number of hydrogen-bond acceptors (Lipinski definition) is 2. The number of halogens is 1. The first-order valence-electron chi connectivity index (χ1n) is 7.11. The molecular weight excluding hydrogens is 275 g/mol. The highest BCUT2D eigenvalue weighted by Gasteiger charge is 2.23. The maximum atomic E-state index is 14.4. The van der Waals surface area contributed by atoms with Crippen LogP contribution in [0, 0.1) is 5.82 Å². The lowest BCUT2D eigenvalue weighted by atomic mass is 9.83. The van der Waals surface area contributed by atoms with Gasteiger partial charge in [0.15, 0.2) is 0 Å². The molecule has 0 saturated heterocycles. The van der Waals surface area contributed by atoms with Crippen LogP contribution in [0.4, 0.5) is 15.8 Å². The fourth-order valence-corrected chi connectivity index (χ4v) is 2.76. The highest BCUT2D eigenvalue weighted by Crippen LogP contribution is 2.38. The van der Waals surface area contributed by atoms with E-state index in [2.05, 4.69) is 0 Å². The minimum atomic E-state index is -0.330. The summed E-state index contributed by atoms with van der Waals surface area (Å²) in [6.07, 6.45) is 0. The lowest BCUT2D eigenvalue weighted by Crippen LogP contribution is -2.10. The summed E-state index contributed by atoms with van der Waals surface area (Å²) in [4.78, 5) is 0. The molecule has 0 aliphatic carbocycles. The average Bonchev–Trinajstić information content (AvgIpc) is 2.53. The van der Waals surface area contributed by atoms with Gasteiger partial charge in [-0.2, -0.15) is 0 Å². The van der Waals surface area contributed by atoms with Crippen molar-refractivity contribution in [3.63, 3.8) is 0 Å². The molecule has 0 aliphatic rings. The van der Waals surface area contributed by atoms with Crippen molar-refractivity contribution in [3.05, 3.63) is 95.3 Å². The van der Waals surface area contributed by atoms with Crippen molar-refractivity contribution < 1.29 is 4.39 Å². The number of anilines is 2. The zero-order valence-electron chi connectivity index (χ0n) is 12.0. The summed E-state index contributed by atoms with van der Waals surface area (Å²) < 4.78 is 14.4. The molecule has 0 saturated carbocycles. The maximum absolute atomic E-state index is 14.4. The zero-order chi connectivity index (χ0) is 15.5. The molecule has 0 fully saturated rings. The Morgan fingerprint density at radius 1 is 0.591 bits per heavy atom. The lowest BCUT2D eigenvalue weighted by molar-refractivity contribution is 0.607. The van der Waals surface area contributed by atoms with E-state index in [1.165, 1.54) is 6.07 Å². The monoisotopic (exact) mass is 292 g/mol. The molecule has 110 valence electrons. The van der Waals surface area contributed by atoms with Crippen molar-refractivity contribution in [2.45, 2.75) is 5.92 Å². The van der Waals surface area contributed by atoms with Gasteiger partial charge in [-0.1, -0.05) is 54.6 Å². The average molecular weight is 292 g/mol. The normalized spacial score (nSPS) is 10.8. The second-order valence-corrected chi connectivity index (χ2v) is 5.21. The van der Waals surface area contributed by atoms with Crippen molar-refractivity contribution in [1.82, 2.24) is 0 Å². The highest BCUT2D eigenvalue weighted by atomic mass is 19.1. The number of benzene rings is 3. The topological polar surface area (TPSA) is 52.0 Å². The molecule has 0 bridgehead atoms. The smallest absolute Gasteiger partial charge is 0.127 e. The van der Waals surface area contributed by atoms with E-state index in [-0.39, 0.29) is 11.7 Å². The zero-order valence-corrected chi connectivity index (χ0v) is 12.0. The molecule has 3 rings (SSSR count). The van der Waals surface area contributed by atoms with Crippen molar-refractivity contribution in [2.24, 2.45) is 0 Å². The van der Waals surface area contributed by atoms with Crippen LogP contribution in [0.15, 0.2) is 72.8 Å². The Morgan fingerprint density at radius 3 is 1.45 bits per heavy atom. The van der Waals surface area contributed by atoms with Gasteiger partial charge in [-0.3, -0.25) is 0 Å². The van der Waals surface area contributed by atoms with E-state index < -0.39 is 0 Å². The van der Waals surface area contributed by atoms with Gasteiger partial charge in [0, 0.05) is 17.3 Å². The summed E-state index contributed by atoms with van der Waals surface area (Å²) in [6, 6.07) is 21.7. The number of hydrogen-bond donors (Lipinski definition) is 2. The van der Waals surface area contributed by atoms with Crippen LogP contribution in [0.3, 0.4) is 0 Å². The molecule has 22 heavy (non-hydrogen) atoms. The van der Waals surface area contributed by atoms with Crippen molar-refractivity contribution in [3.8, 4) is 0 Å². The van der Waals surface area contributed by atoms with Crippen LogP contribution in [0.1, 0.15) is 22.6 Å². The fraction of sp³-hybridized carbons (Fsp3) is 0.0526. The Morgan fingerprint density at radius 2 is 1.00 bits per heavy atom. The van der Waals surface area contributed by atoms with Gasteiger partial charge in [-0.25, -0.2) is 4.39 Å². The number of rotatable bonds is 3. The van der Waals surface area contributed by atoms with Gasteiger partial charge in [0.2, 0.25) is 0 Å². The Kier molecular flexibility index (Phi) is 3.79. The molecule has 0 aromatic heterocycles. The molecule has 4 N–H and O–H groups in total. The second-order valence-electron chi connectivity index (χ2n) is 5.21. The van der Waals surface area contributed by atoms with Crippen LogP contribution in [-0.2, 0) is 0 Å². The molecular formula is C19H17FN2. The molecule has 0 radical (unpaired) electrons. The molecule has 3 aromatic rings. The Balaban J connectivity index is 2.27. The second kappa shape index (κ2) is 5.90. The number of nitrogens with two attached hydrogens (primary N) is 2. The van der Waals surface area contributed by atoms with E-state index in [1.54, 1.807) is 12.1 Å². The van der Waals surface area contributed by atoms with Gasteiger partial charge in [0.25, 0.3) is 0 Å². The van der Waals surface area contributed by atoms with Gasteiger partial charge < -0.3 is 11.5 Å². The lowest BCUT2D eigenvalue weighted by Gasteiger charge is -2.22. The van der Waals surface area contributed by atoms with Gasteiger partial charge >= 0.3 is 0 Å². The van der Waals surface area contributed by atoms with Crippen molar-refractivity contribution in [2.75, 3.05) is 11.5 Å². The molecule has 3 aromatic carbocycles. The minimum Gasteiger partial charge on any atom is -0.398 e. The Bertz CT molecular complexity index is 691. The first-order chi connectivity index (χ1) is 10.7. The summed E-state index contributed by atoms with van der Waals surface area (Å²) >= 11 is 0. The predicted octanol–water partition coefficient (Wildman–Crippen LogP) is 4.17. The molecule has 0 heterocycles. The minimum absolute atomic E-state index is 0.265. The van der Waals surface area contributed by atoms with E-state index in [9.17, 15) is 4.39 Å². The molecule has 0 spiro atoms. The van der Waals surface area contributed by atoms with Crippen LogP contribution in [0.2, 0.25) is 0 Å². The summed E-state index contributed by atoms with van der Waals surface area (Å²) in [5.74, 6) is -0.595. The summed E-state index contributed by atoms with van der Waals surface area (Å²) in [7, 11) is 0. The van der Waals surface area contributed by atoms with E-state index in [0.29, 0.717) is 16.9 Å². The third-order valence-electron chi connectivity index (χ3n) is 3.83. The molecule has 0 aliphatic heterocycles. The van der Waals surface area contributed by atoms with Gasteiger partial charge in [-0.15, -0.1) is 0 Å². The summed E-state index contributed by atoms with van der Waals surface area (Å²) in [5.41, 5.74) is 15.8. The van der Waals surface area contributed by atoms with Crippen LogP contribution in [0.5, 0.6) is 0 Å². The van der Waals surface area contributed by atoms with Crippen LogP contribution < -0.4 is 11.5 Å². The number of para-hydroxylation sites is 2. The third-order valence-corrected chi connectivity index (χ3v) is 3.83. The molecule has 0 unspecified atom stereocenters. The van der Waals surface area contributed by atoms with Crippen LogP contribution in [-0.4, -0.2) is 0 Å². The van der Waals surface area contributed by atoms with E-state index >= 15 is 0 Å². The van der Waals surface area contributed by atoms with Gasteiger partial charge in [0.05, 0.1) is 0 Å². The Hall–Kier alpha value is -2.81. The largest absolute Gasteiger partial charge is 0.398 e. The first-order valence-corrected chi connectivity index (χ1v) is 7.11. The SMILES string of the molecule is Nc1ccccc1C(c1ccccc1N)c1ccccc1F. The van der Waals surface area contributed by atoms with Crippen LogP contribution >= 0.6 is 0 Å². The molecule has 3 heteroatoms. The maximum Gasteiger partial charge on any atom is 0.127 e.